The lowest BCUT2D eigenvalue weighted by molar-refractivity contribution is -0.125. The fourth-order valence-corrected chi connectivity index (χ4v) is 2.92. The minimum atomic E-state index is 0.0454. The predicted octanol–water partition coefficient (Wildman–Crippen LogP) is 0.905. The summed E-state index contributed by atoms with van der Waals surface area (Å²) in [5, 5.41) is 7.72. The smallest absolute Gasteiger partial charge is 0.263 e. The van der Waals surface area contributed by atoms with Crippen molar-refractivity contribution in [2.45, 2.75) is 19.8 Å². The van der Waals surface area contributed by atoms with Gasteiger partial charge in [-0.3, -0.25) is 4.79 Å². The molecule has 124 valence electrons. The third-order valence-electron chi connectivity index (χ3n) is 4.19. The highest BCUT2D eigenvalue weighted by Gasteiger charge is 2.27. The molecule has 23 heavy (non-hydrogen) atoms. The van der Waals surface area contributed by atoms with E-state index < -0.39 is 0 Å². The van der Waals surface area contributed by atoms with Gasteiger partial charge in [-0.15, -0.1) is 0 Å². The van der Waals surface area contributed by atoms with Crippen molar-refractivity contribution in [2.75, 3.05) is 38.3 Å². The molecule has 1 amide bonds. The molecule has 8 heteroatoms. The second kappa shape index (κ2) is 6.91. The van der Waals surface area contributed by atoms with E-state index in [1.54, 1.807) is 7.11 Å². The molecule has 1 saturated heterocycles. The quantitative estimate of drug-likeness (QED) is 0.818. The largest absolute Gasteiger partial charge is 0.383 e. The molecule has 2 aromatic heterocycles. The molecule has 0 saturated carbocycles. The van der Waals surface area contributed by atoms with Crippen molar-refractivity contribution in [3.8, 4) is 0 Å². The van der Waals surface area contributed by atoms with Gasteiger partial charge in [0.25, 0.3) is 5.71 Å². The van der Waals surface area contributed by atoms with Crippen LogP contribution in [0, 0.1) is 12.8 Å². The Hall–Kier alpha value is -2.22. The number of piperidine rings is 1. The summed E-state index contributed by atoms with van der Waals surface area (Å²) in [6.07, 6.45) is 3.09. The number of aryl methyl sites for hydroxylation is 1. The van der Waals surface area contributed by atoms with Crippen molar-refractivity contribution < 1.29 is 14.1 Å². The summed E-state index contributed by atoms with van der Waals surface area (Å²) >= 11 is 0. The Morgan fingerprint density at radius 3 is 2.96 bits per heavy atom. The first kappa shape index (κ1) is 15.7. The maximum Gasteiger partial charge on any atom is 0.263 e. The summed E-state index contributed by atoms with van der Waals surface area (Å²) in [5.41, 5.74) is 1.29. The van der Waals surface area contributed by atoms with Crippen LogP contribution in [0.3, 0.4) is 0 Å². The van der Waals surface area contributed by atoms with Gasteiger partial charge in [-0.25, -0.2) is 4.98 Å². The van der Waals surface area contributed by atoms with Gasteiger partial charge in [0, 0.05) is 32.7 Å². The van der Waals surface area contributed by atoms with E-state index in [2.05, 4.69) is 25.3 Å². The number of hydrogen-bond donors (Lipinski definition) is 1. The van der Waals surface area contributed by atoms with Crippen LogP contribution in [0.5, 0.6) is 0 Å². The van der Waals surface area contributed by atoms with Gasteiger partial charge >= 0.3 is 0 Å². The highest BCUT2D eigenvalue weighted by atomic mass is 16.5. The van der Waals surface area contributed by atoms with E-state index in [0.717, 1.165) is 42.8 Å². The molecule has 0 radical (unpaired) electrons. The predicted molar refractivity (Wildman–Crippen MR) is 84.2 cm³/mol. The van der Waals surface area contributed by atoms with E-state index in [1.165, 1.54) is 6.33 Å². The molecule has 1 aliphatic heterocycles. The zero-order valence-corrected chi connectivity index (χ0v) is 13.4. The number of ether oxygens (including phenoxy) is 1. The monoisotopic (exact) mass is 319 g/mol. The van der Waals surface area contributed by atoms with Crippen molar-refractivity contribution in [1.82, 2.24) is 20.4 Å². The summed E-state index contributed by atoms with van der Waals surface area (Å²) in [5.74, 6) is 0.992. The molecule has 1 N–H and O–H groups in total. The third-order valence-corrected chi connectivity index (χ3v) is 4.19. The first-order valence-electron chi connectivity index (χ1n) is 7.79. The first-order chi connectivity index (χ1) is 11.2. The van der Waals surface area contributed by atoms with Crippen molar-refractivity contribution >= 4 is 22.8 Å². The summed E-state index contributed by atoms with van der Waals surface area (Å²) in [6, 6.07) is 0. The number of aromatic nitrogens is 3. The number of nitrogens with one attached hydrogen (secondary N) is 1. The van der Waals surface area contributed by atoms with Gasteiger partial charge in [-0.1, -0.05) is 5.16 Å². The maximum absolute atomic E-state index is 12.1. The molecule has 1 aliphatic rings. The minimum Gasteiger partial charge on any atom is -0.383 e. The summed E-state index contributed by atoms with van der Waals surface area (Å²) in [4.78, 5) is 22.8. The Morgan fingerprint density at radius 2 is 2.22 bits per heavy atom. The third kappa shape index (κ3) is 3.26. The number of anilines is 1. The fourth-order valence-electron chi connectivity index (χ4n) is 2.92. The number of carbonyl (C=O) groups excluding carboxylic acids is 1. The molecule has 3 rings (SSSR count). The molecule has 0 bridgehead atoms. The van der Waals surface area contributed by atoms with E-state index in [4.69, 9.17) is 9.26 Å². The number of rotatable bonds is 5. The average Bonchev–Trinajstić information content (AvgIpc) is 2.97. The Balaban J connectivity index is 1.64. The molecule has 0 aromatic carbocycles. The van der Waals surface area contributed by atoms with Crippen LogP contribution in [0.1, 0.15) is 18.5 Å². The van der Waals surface area contributed by atoms with Gasteiger partial charge in [0.2, 0.25) is 5.91 Å². The number of nitrogens with zero attached hydrogens (tertiary/aromatic N) is 4. The van der Waals surface area contributed by atoms with Crippen molar-refractivity contribution in [2.24, 2.45) is 5.92 Å². The highest BCUT2D eigenvalue weighted by Crippen LogP contribution is 2.29. The van der Waals surface area contributed by atoms with E-state index >= 15 is 0 Å². The van der Waals surface area contributed by atoms with Crippen molar-refractivity contribution in [3.05, 3.63) is 12.0 Å². The van der Waals surface area contributed by atoms with Gasteiger partial charge in [0.05, 0.1) is 12.3 Å². The van der Waals surface area contributed by atoms with Gasteiger partial charge in [0.15, 0.2) is 0 Å². The topological polar surface area (TPSA) is 93.4 Å². The Morgan fingerprint density at radius 1 is 1.43 bits per heavy atom. The normalized spacial score (nSPS) is 16.0. The summed E-state index contributed by atoms with van der Waals surface area (Å²) in [6.45, 7) is 4.53. The molecule has 0 aliphatic carbocycles. The van der Waals surface area contributed by atoms with Crippen LogP contribution in [0.15, 0.2) is 10.9 Å². The van der Waals surface area contributed by atoms with Crippen LogP contribution >= 0.6 is 0 Å². The molecule has 3 heterocycles. The van der Waals surface area contributed by atoms with Crippen LogP contribution in [0.2, 0.25) is 0 Å². The van der Waals surface area contributed by atoms with E-state index in [0.29, 0.717) is 18.9 Å². The average molecular weight is 319 g/mol. The zero-order chi connectivity index (χ0) is 16.2. The lowest BCUT2D eigenvalue weighted by atomic mass is 9.95. The standard InChI is InChI=1S/C15H21N5O3/c1-10-12-13(17-9-18-15(12)23-19-10)20-6-3-11(4-7-20)14(21)16-5-8-22-2/h9,11H,3-8H2,1-2H3,(H,16,21). The van der Waals surface area contributed by atoms with Crippen LogP contribution < -0.4 is 10.2 Å². The molecule has 1 fully saturated rings. The Kier molecular flexibility index (Phi) is 4.71. The second-order valence-electron chi connectivity index (χ2n) is 5.69. The van der Waals surface area contributed by atoms with Crippen LogP contribution in [0.25, 0.3) is 11.1 Å². The van der Waals surface area contributed by atoms with Crippen LogP contribution in [-0.4, -0.2) is 54.4 Å². The Bertz CT molecular complexity index is 679. The molecule has 0 spiro atoms. The number of amides is 1. The van der Waals surface area contributed by atoms with Crippen molar-refractivity contribution in [1.29, 1.82) is 0 Å². The first-order valence-corrected chi connectivity index (χ1v) is 7.79. The number of carbonyl (C=O) groups is 1. The second-order valence-corrected chi connectivity index (χ2v) is 5.69. The summed E-state index contributed by atoms with van der Waals surface area (Å²) < 4.78 is 10.1. The van der Waals surface area contributed by atoms with Gasteiger partial charge in [-0.05, 0) is 19.8 Å². The van der Waals surface area contributed by atoms with E-state index in [9.17, 15) is 4.79 Å². The molecule has 0 unspecified atom stereocenters. The zero-order valence-electron chi connectivity index (χ0n) is 13.4. The molecular formula is C15H21N5O3. The minimum absolute atomic E-state index is 0.0454. The van der Waals surface area contributed by atoms with Crippen LogP contribution in [0.4, 0.5) is 5.82 Å². The SMILES string of the molecule is COCCNC(=O)C1CCN(c2ncnc3onc(C)c23)CC1. The van der Waals surface area contributed by atoms with Gasteiger partial charge in [0.1, 0.15) is 17.5 Å². The highest BCUT2D eigenvalue weighted by molar-refractivity contribution is 5.88. The van der Waals surface area contributed by atoms with Crippen molar-refractivity contribution in [3.63, 3.8) is 0 Å². The van der Waals surface area contributed by atoms with Gasteiger partial charge in [-0.2, -0.15) is 4.98 Å². The van der Waals surface area contributed by atoms with E-state index in [1.807, 2.05) is 6.92 Å². The summed E-state index contributed by atoms with van der Waals surface area (Å²) in [7, 11) is 1.62. The lowest BCUT2D eigenvalue weighted by Gasteiger charge is -2.32. The fraction of sp³-hybridized carbons (Fsp3) is 0.600. The lowest BCUT2D eigenvalue weighted by Crippen LogP contribution is -2.41. The van der Waals surface area contributed by atoms with E-state index in [-0.39, 0.29) is 11.8 Å². The maximum atomic E-state index is 12.1. The number of fused-ring (bicyclic) bond motifs is 1. The number of methoxy groups -OCH3 is 1. The molecule has 8 nitrogen and oxygen atoms in total. The molecule has 2 aromatic rings. The number of hydrogen-bond acceptors (Lipinski definition) is 7. The molecular weight excluding hydrogens is 298 g/mol. The Labute approximate surface area is 134 Å². The van der Waals surface area contributed by atoms with Crippen LogP contribution in [-0.2, 0) is 9.53 Å². The molecule has 0 atom stereocenters. The van der Waals surface area contributed by atoms with Gasteiger partial charge < -0.3 is 19.5 Å².